The standard InChI is InChI=1S/C18H14N2O3S/c19-10-12-3-5-13(6-4-12)18(22)20-11-14-7-8-16(24-14)17(21)15-2-1-9-23-15/h1-9,17,21H,11H2,(H,20,22). The Morgan fingerprint density at radius 3 is 2.71 bits per heavy atom. The number of hydrogen-bond acceptors (Lipinski definition) is 5. The number of furan rings is 1. The van der Waals surface area contributed by atoms with Crippen LogP contribution >= 0.6 is 11.3 Å². The molecule has 3 aromatic rings. The molecule has 0 bridgehead atoms. The van der Waals surface area contributed by atoms with E-state index in [1.807, 2.05) is 18.2 Å². The maximum Gasteiger partial charge on any atom is 0.251 e. The van der Waals surface area contributed by atoms with Crippen LogP contribution in [-0.4, -0.2) is 11.0 Å². The maximum atomic E-state index is 12.1. The number of thiophene rings is 1. The Morgan fingerprint density at radius 1 is 1.25 bits per heavy atom. The number of carbonyl (C=O) groups excluding carboxylic acids is 1. The van der Waals surface area contributed by atoms with E-state index in [-0.39, 0.29) is 5.91 Å². The lowest BCUT2D eigenvalue weighted by atomic mass is 10.1. The smallest absolute Gasteiger partial charge is 0.251 e. The number of benzene rings is 1. The van der Waals surface area contributed by atoms with Crippen molar-refractivity contribution in [2.24, 2.45) is 0 Å². The van der Waals surface area contributed by atoms with E-state index in [0.717, 1.165) is 9.75 Å². The second kappa shape index (κ2) is 7.13. The summed E-state index contributed by atoms with van der Waals surface area (Å²) in [6.07, 6.45) is 0.721. The van der Waals surface area contributed by atoms with E-state index < -0.39 is 6.10 Å². The van der Waals surface area contributed by atoms with Gasteiger partial charge in [-0.15, -0.1) is 11.3 Å². The van der Waals surface area contributed by atoms with Crippen molar-refractivity contribution in [1.29, 1.82) is 5.26 Å². The van der Waals surface area contributed by atoms with Crippen molar-refractivity contribution in [3.8, 4) is 6.07 Å². The van der Waals surface area contributed by atoms with Gasteiger partial charge in [-0.2, -0.15) is 5.26 Å². The van der Waals surface area contributed by atoms with Crippen LogP contribution in [0, 0.1) is 11.3 Å². The van der Waals surface area contributed by atoms with Crippen LogP contribution in [0.25, 0.3) is 0 Å². The number of amides is 1. The summed E-state index contributed by atoms with van der Waals surface area (Å²) in [6.45, 7) is 0.369. The second-order valence-corrected chi connectivity index (χ2v) is 6.29. The molecule has 0 saturated carbocycles. The molecule has 3 rings (SSSR count). The molecule has 2 N–H and O–H groups in total. The van der Waals surface area contributed by atoms with Gasteiger partial charge in [0.25, 0.3) is 5.91 Å². The van der Waals surface area contributed by atoms with Gasteiger partial charge in [-0.05, 0) is 48.5 Å². The third kappa shape index (κ3) is 3.54. The third-order valence-corrected chi connectivity index (χ3v) is 4.60. The van der Waals surface area contributed by atoms with Gasteiger partial charge in [0.05, 0.1) is 24.4 Å². The van der Waals surface area contributed by atoms with Crippen LogP contribution in [0.15, 0.2) is 59.2 Å². The third-order valence-electron chi connectivity index (χ3n) is 3.46. The number of carbonyl (C=O) groups is 1. The average Bonchev–Trinajstić information content (AvgIpc) is 3.31. The number of nitriles is 1. The van der Waals surface area contributed by atoms with Gasteiger partial charge in [-0.25, -0.2) is 0 Å². The van der Waals surface area contributed by atoms with Crippen LogP contribution in [-0.2, 0) is 6.54 Å². The zero-order valence-corrected chi connectivity index (χ0v) is 13.4. The fourth-order valence-corrected chi connectivity index (χ4v) is 3.14. The van der Waals surface area contributed by atoms with Crippen LogP contribution < -0.4 is 5.32 Å². The van der Waals surface area contributed by atoms with E-state index in [1.165, 1.54) is 17.6 Å². The van der Waals surface area contributed by atoms with E-state index in [9.17, 15) is 9.90 Å². The minimum Gasteiger partial charge on any atom is -0.466 e. The number of nitrogens with zero attached hydrogens (tertiary/aromatic N) is 1. The molecule has 0 saturated heterocycles. The first-order valence-corrected chi connectivity index (χ1v) is 8.07. The molecular formula is C18H14N2O3S. The number of hydrogen-bond donors (Lipinski definition) is 2. The van der Waals surface area contributed by atoms with E-state index in [4.69, 9.17) is 9.68 Å². The largest absolute Gasteiger partial charge is 0.466 e. The molecule has 24 heavy (non-hydrogen) atoms. The highest BCUT2D eigenvalue weighted by molar-refractivity contribution is 7.12. The Balaban J connectivity index is 1.60. The van der Waals surface area contributed by atoms with Crippen LogP contribution in [0.5, 0.6) is 0 Å². The molecule has 5 nitrogen and oxygen atoms in total. The zero-order chi connectivity index (χ0) is 16.9. The molecule has 120 valence electrons. The molecule has 1 unspecified atom stereocenters. The molecule has 1 aromatic carbocycles. The molecule has 0 fully saturated rings. The first-order valence-electron chi connectivity index (χ1n) is 7.26. The van der Waals surface area contributed by atoms with E-state index in [2.05, 4.69) is 5.32 Å². The summed E-state index contributed by atoms with van der Waals surface area (Å²) in [5, 5.41) is 21.8. The summed E-state index contributed by atoms with van der Waals surface area (Å²) in [4.78, 5) is 13.8. The molecule has 0 spiro atoms. The minimum atomic E-state index is -0.798. The quantitative estimate of drug-likeness (QED) is 0.748. The summed E-state index contributed by atoms with van der Waals surface area (Å²) in [5.41, 5.74) is 1.02. The number of aliphatic hydroxyl groups is 1. The van der Waals surface area contributed by atoms with Gasteiger partial charge in [0, 0.05) is 15.3 Å². The summed E-state index contributed by atoms with van der Waals surface area (Å²) in [7, 11) is 0. The summed E-state index contributed by atoms with van der Waals surface area (Å²) < 4.78 is 5.20. The number of rotatable bonds is 5. The van der Waals surface area contributed by atoms with Gasteiger partial charge in [-0.3, -0.25) is 4.79 Å². The predicted octanol–water partition coefficient (Wildman–Crippen LogP) is 3.22. The molecule has 6 heteroatoms. The van der Waals surface area contributed by atoms with Crippen molar-refractivity contribution in [1.82, 2.24) is 5.32 Å². The van der Waals surface area contributed by atoms with Crippen molar-refractivity contribution in [3.05, 3.63) is 81.4 Å². The molecule has 0 radical (unpaired) electrons. The van der Waals surface area contributed by atoms with Crippen LogP contribution in [0.1, 0.15) is 37.5 Å². The highest BCUT2D eigenvalue weighted by Crippen LogP contribution is 2.28. The van der Waals surface area contributed by atoms with E-state index in [0.29, 0.717) is 23.4 Å². The van der Waals surface area contributed by atoms with Gasteiger partial charge in [-0.1, -0.05) is 0 Å². The lowest BCUT2D eigenvalue weighted by molar-refractivity contribution is 0.0951. The molecule has 0 aliphatic rings. The zero-order valence-electron chi connectivity index (χ0n) is 12.6. The van der Waals surface area contributed by atoms with Crippen molar-refractivity contribution in [3.63, 3.8) is 0 Å². The lowest BCUT2D eigenvalue weighted by Gasteiger charge is -2.05. The van der Waals surface area contributed by atoms with Crippen molar-refractivity contribution >= 4 is 17.2 Å². The Bertz CT molecular complexity index is 861. The molecule has 1 amide bonds. The van der Waals surface area contributed by atoms with Crippen LogP contribution in [0.3, 0.4) is 0 Å². The molecule has 1 atom stereocenters. The summed E-state index contributed by atoms with van der Waals surface area (Å²) >= 11 is 1.41. The molecule has 2 heterocycles. The Labute approximate surface area is 142 Å². The molecule has 2 aromatic heterocycles. The van der Waals surface area contributed by atoms with Gasteiger partial charge in [0.1, 0.15) is 11.9 Å². The van der Waals surface area contributed by atoms with Crippen molar-refractivity contribution < 1.29 is 14.3 Å². The fourth-order valence-electron chi connectivity index (χ4n) is 2.19. The van der Waals surface area contributed by atoms with E-state index >= 15 is 0 Å². The maximum absolute atomic E-state index is 12.1. The highest BCUT2D eigenvalue weighted by atomic mass is 32.1. The van der Waals surface area contributed by atoms with Gasteiger partial charge >= 0.3 is 0 Å². The van der Waals surface area contributed by atoms with E-state index in [1.54, 1.807) is 36.4 Å². The van der Waals surface area contributed by atoms with Crippen LogP contribution in [0.4, 0.5) is 0 Å². The fraction of sp³-hybridized carbons (Fsp3) is 0.111. The summed E-state index contributed by atoms with van der Waals surface area (Å²) in [6, 6.07) is 15.6. The Hall–Kier alpha value is -2.88. The first-order chi connectivity index (χ1) is 11.7. The normalized spacial score (nSPS) is 11.7. The Morgan fingerprint density at radius 2 is 2.04 bits per heavy atom. The van der Waals surface area contributed by atoms with Gasteiger partial charge < -0.3 is 14.8 Å². The SMILES string of the molecule is N#Cc1ccc(C(=O)NCc2ccc(C(O)c3ccco3)s2)cc1. The lowest BCUT2D eigenvalue weighted by Crippen LogP contribution is -2.22. The average molecular weight is 338 g/mol. The molecular weight excluding hydrogens is 324 g/mol. The monoisotopic (exact) mass is 338 g/mol. The molecule has 0 aliphatic carbocycles. The first kappa shape index (κ1) is 16.0. The highest BCUT2D eigenvalue weighted by Gasteiger charge is 2.15. The molecule has 0 aliphatic heterocycles. The van der Waals surface area contributed by atoms with Crippen molar-refractivity contribution in [2.75, 3.05) is 0 Å². The number of aliphatic hydroxyl groups excluding tert-OH is 1. The number of nitrogens with one attached hydrogen (secondary N) is 1. The van der Waals surface area contributed by atoms with Crippen molar-refractivity contribution in [2.45, 2.75) is 12.6 Å². The minimum absolute atomic E-state index is 0.207. The topological polar surface area (TPSA) is 86.3 Å². The van der Waals surface area contributed by atoms with Gasteiger partial charge in [0.2, 0.25) is 0 Å². The predicted molar refractivity (Wildman–Crippen MR) is 89.4 cm³/mol. The van der Waals surface area contributed by atoms with Gasteiger partial charge in [0.15, 0.2) is 0 Å². The van der Waals surface area contributed by atoms with Crippen LogP contribution in [0.2, 0.25) is 0 Å². The second-order valence-electron chi connectivity index (χ2n) is 5.09. The Kier molecular flexibility index (Phi) is 4.75. The summed E-state index contributed by atoms with van der Waals surface area (Å²) in [5.74, 6) is 0.283.